The van der Waals surface area contributed by atoms with Gasteiger partial charge >= 0.3 is 0 Å². The molecule has 5 nitrogen and oxygen atoms in total. The summed E-state index contributed by atoms with van der Waals surface area (Å²) in [5.74, 6) is 0.820. The van der Waals surface area contributed by atoms with E-state index in [1.54, 1.807) is 13.3 Å². The van der Waals surface area contributed by atoms with Crippen LogP contribution in [0.15, 0.2) is 36.7 Å². The van der Waals surface area contributed by atoms with Crippen molar-refractivity contribution in [2.75, 3.05) is 7.11 Å². The molecule has 0 radical (unpaired) electrons. The average molecular weight is 282 g/mol. The summed E-state index contributed by atoms with van der Waals surface area (Å²) in [4.78, 5) is 9.02. The van der Waals surface area contributed by atoms with Crippen LogP contribution in [0.25, 0.3) is 11.0 Å². The second-order valence-corrected chi connectivity index (χ2v) is 5.00. The first-order valence-electron chi connectivity index (χ1n) is 6.85. The van der Waals surface area contributed by atoms with Gasteiger partial charge in [0.25, 0.3) is 0 Å². The van der Waals surface area contributed by atoms with Crippen molar-refractivity contribution in [1.29, 1.82) is 0 Å². The van der Waals surface area contributed by atoms with Crippen LogP contribution in [0.5, 0.6) is 5.75 Å². The predicted molar refractivity (Wildman–Crippen MR) is 82.3 cm³/mol. The van der Waals surface area contributed by atoms with E-state index in [1.165, 1.54) is 0 Å². The summed E-state index contributed by atoms with van der Waals surface area (Å²) < 4.78 is 7.38. The zero-order valence-corrected chi connectivity index (χ0v) is 12.2. The van der Waals surface area contributed by atoms with Gasteiger partial charge in [-0.1, -0.05) is 0 Å². The maximum Gasteiger partial charge on any atom is 0.140 e. The standard InChI is InChI=1S/C16H18N4O/c1-11-6-14(21-2)7-13(19-11)10-20-9-12(8-17)15-4-3-5-18-16(15)20/h3-7,9H,8,10,17H2,1-2H3. The number of hydrogen-bond acceptors (Lipinski definition) is 4. The van der Waals surface area contributed by atoms with Crippen molar-refractivity contribution >= 4 is 11.0 Å². The molecule has 3 rings (SSSR count). The highest BCUT2D eigenvalue weighted by Crippen LogP contribution is 2.21. The first-order valence-corrected chi connectivity index (χ1v) is 6.85. The van der Waals surface area contributed by atoms with Gasteiger partial charge in [0.05, 0.1) is 19.3 Å². The third kappa shape index (κ3) is 2.60. The van der Waals surface area contributed by atoms with Crippen LogP contribution in [0.3, 0.4) is 0 Å². The van der Waals surface area contributed by atoms with Gasteiger partial charge < -0.3 is 15.0 Å². The normalized spacial score (nSPS) is 11.0. The molecule has 3 aromatic heterocycles. The molecule has 3 aromatic rings. The third-order valence-corrected chi connectivity index (χ3v) is 3.48. The molecule has 0 aliphatic carbocycles. The second kappa shape index (κ2) is 5.54. The lowest BCUT2D eigenvalue weighted by molar-refractivity contribution is 0.413. The molecule has 5 heteroatoms. The lowest BCUT2D eigenvalue weighted by Gasteiger charge is -2.07. The topological polar surface area (TPSA) is 66.0 Å². The molecular formula is C16H18N4O. The van der Waals surface area contributed by atoms with Crippen LogP contribution in [-0.2, 0) is 13.1 Å². The molecule has 3 heterocycles. The fourth-order valence-corrected chi connectivity index (χ4v) is 2.55. The monoisotopic (exact) mass is 282 g/mol. The van der Waals surface area contributed by atoms with Gasteiger partial charge in [0.1, 0.15) is 11.4 Å². The summed E-state index contributed by atoms with van der Waals surface area (Å²) in [7, 11) is 1.66. The van der Waals surface area contributed by atoms with Gasteiger partial charge in [-0.2, -0.15) is 0 Å². The van der Waals surface area contributed by atoms with E-state index in [9.17, 15) is 0 Å². The molecule has 0 bridgehead atoms. The maximum absolute atomic E-state index is 5.82. The molecule has 2 N–H and O–H groups in total. The first kappa shape index (κ1) is 13.6. The number of fused-ring (bicyclic) bond motifs is 1. The van der Waals surface area contributed by atoms with E-state index >= 15 is 0 Å². The molecule has 0 amide bonds. The Morgan fingerprint density at radius 2 is 2.19 bits per heavy atom. The van der Waals surface area contributed by atoms with E-state index in [0.29, 0.717) is 13.1 Å². The van der Waals surface area contributed by atoms with Gasteiger partial charge in [-0.15, -0.1) is 0 Å². The van der Waals surface area contributed by atoms with E-state index in [4.69, 9.17) is 10.5 Å². The van der Waals surface area contributed by atoms with Crippen LogP contribution in [0, 0.1) is 6.92 Å². The number of ether oxygens (including phenoxy) is 1. The Labute approximate surface area is 123 Å². The highest BCUT2D eigenvalue weighted by Gasteiger charge is 2.09. The Morgan fingerprint density at radius 1 is 1.33 bits per heavy atom. The van der Waals surface area contributed by atoms with Gasteiger partial charge in [0.2, 0.25) is 0 Å². The largest absolute Gasteiger partial charge is 0.497 e. The number of aromatic nitrogens is 3. The Morgan fingerprint density at radius 3 is 2.95 bits per heavy atom. The Hall–Kier alpha value is -2.40. The van der Waals surface area contributed by atoms with Crippen molar-refractivity contribution < 1.29 is 4.74 Å². The molecule has 0 fully saturated rings. The van der Waals surface area contributed by atoms with Crippen molar-refractivity contribution in [3.05, 3.63) is 53.6 Å². The number of nitrogens with zero attached hydrogens (tertiary/aromatic N) is 3. The smallest absolute Gasteiger partial charge is 0.140 e. The number of aryl methyl sites for hydroxylation is 1. The van der Waals surface area contributed by atoms with Crippen LogP contribution in [0.2, 0.25) is 0 Å². The molecule has 108 valence electrons. The zero-order valence-electron chi connectivity index (χ0n) is 12.2. The quantitative estimate of drug-likeness (QED) is 0.797. The first-order chi connectivity index (χ1) is 10.2. The molecule has 0 saturated heterocycles. The van der Waals surface area contributed by atoms with Crippen LogP contribution in [0.4, 0.5) is 0 Å². The molecule has 0 spiro atoms. The minimum Gasteiger partial charge on any atom is -0.497 e. The summed E-state index contributed by atoms with van der Waals surface area (Å²) in [5, 5.41) is 1.10. The summed E-state index contributed by atoms with van der Waals surface area (Å²) in [5.41, 5.74) is 9.72. The summed E-state index contributed by atoms with van der Waals surface area (Å²) >= 11 is 0. The molecule has 21 heavy (non-hydrogen) atoms. The van der Waals surface area contributed by atoms with Crippen LogP contribution in [0.1, 0.15) is 17.0 Å². The van der Waals surface area contributed by atoms with E-state index in [-0.39, 0.29) is 0 Å². The fraction of sp³-hybridized carbons (Fsp3) is 0.250. The third-order valence-electron chi connectivity index (χ3n) is 3.48. The van der Waals surface area contributed by atoms with Crippen molar-refractivity contribution in [3.63, 3.8) is 0 Å². The van der Waals surface area contributed by atoms with Crippen molar-refractivity contribution in [2.24, 2.45) is 5.73 Å². The van der Waals surface area contributed by atoms with Crippen molar-refractivity contribution in [1.82, 2.24) is 14.5 Å². The van der Waals surface area contributed by atoms with Gasteiger partial charge in [-0.3, -0.25) is 4.98 Å². The van der Waals surface area contributed by atoms with Gasteiger partial charge in [-0.25, -0.2) is 4.98 Å². The molecule has 0 aromatic carbocycles. The zero-order chi connectivity index (χ0) is 14.8. The summed E-state index contributed by atoms with van der Waals surface area (Å²) in [6.45, 7) is 3.11. The molecule has 0 aliphatic heterocycles. The maximum atomic E-state index is 5.82. The average Bonchev–Trinajstić information content (AvgIpc) is 2.85. The van der Waals surface area contributed by atoms with Crippen LogP contribution >= 0.6 is 0 Å². The van der Waals surface area contributed by atoms with Crippen LogP contribution < -0.4 is 10.5 Å². The van der Waals surface area contributed by atoms with Crippen LogP contribution in [-0.4, -0.2) is 21.6 Å². The van der Waals surface area contributed by atoms with E-state index in [0.717, 1.165) is 33.7 Å². The molecule has 0 atom stereocenters. The second-order valence-electron chi connectivity index (χ2n) is 5.00. The lowest BCUT2D eigenvalue weighted by Crippen LogP contribution is -2.03. The lowest BCUT2D eigenvalue weighted by atomic mass is 10.2. The Bertz CT molecular complexity index is 779. The highest BCUT2D eigenvalue weighted by molar-refractivity contribution is 5.80. The van der Waals surface area contributed by atoms with Gasteiger partial charge in [0.15, 0.2) is 0 Å². The summed E-state index contributed by atoms with van der Waals surface area (Å²) in [6, 6.07) is 7.84. The SMILES string of the molecule is COc1cc(C)nc(Cn2cc(CN)c3cccnc32)c1. The number of methoxy groups -OCH3 is 1. The van der Waals surface area contributed by atoms with Crippen molar-refractivity contribution in [3.8, 4) is 5.75 Å². The molecule has 0 saturated carbocycles. The highest BCUT2D eigenvalue weighted by atomic mass is 16.5. The van der Waals surface area contributed by atoms with E-state index in [2.05, 4.69) is 14.5 Å². The number of rotatable bonds is 4. The number of pyridine rings is 2. The molecular weight excluding hydrogens is 264 g/mol. The minimum absolute atomic E-state index is 0.500. The van der Waals surface area contributed by atoms with Gasteiger partial charge in [0, 0.05) is 42.2 Å². The fourth-order valence-electron chi connectivity index (χ4n) is 2.55. The van der Waals surface area contributed by atoms with Gasteiger partial charge in [-0.05, 0) is 24.6 Å². The van der Waals surface area contributed by atoms with E-state index in [1.807, 2.05) is 37.4 Å². The minimum atomic E-state index is 0.500. The molecule has 0 unspecified atom stereocenters. The summed E-state index contributed by atoms with van der Waals surface area (Å²) in [6.07, 6.45) is 3.84. The Balaban J connectivity index is 2.04. The predicted octanol–water partition coefficient (Wildman–Crippen LogP) is 2.26. The van der Waals surface area contributed by atoms with E-state index < -0.39 is 0 Å². The number of nitrogens with two attached hydrogens (primary N) is 1. The number of hydrogen-bond donors (Lipinski definition) is 1. The van der Waals surface area contributed by atoms with Crippen molar-refractivity contribution in [2.45, 2.75) is 20.0 Å². The molecule has 0 aliphatic rings. The Kier molecular flexibility index (Phi) is 3.58.